The second-order valence-corrected chi connectivity index (χ2v) is 9.21. The van der Waals surface area contributed by atoms with Crippen molar-refractivity contribution in [1.82, 2.24) is 20.1 Å². The first-order valence-corrected chi connectivity index (χ1v) is 12.2. The number of hydrogen-bond donors (Lipinski definition) is 2. The Bertz CT molecular complexity index is 1350. The second-order valence-electron chi connectivity index (χ2n) is 7.46. The molecule has 0 aliphatic rings. The Morgan fingerprint density at radius 2 is 1.79 bits per heavy atom. The van der Waals surface area contributed by atoms with Crippen molar-refractivity contribution in [3.05, 3.63) is 82.1 Å². The Balaban J connectivity index is 1.28. The van der Waals surface area contributed by atoms with Crippen molar-refractivity contribution in [3.63, 3.8) is 0 Å². The summed E-state index contributed by atoms with van der Waals surface area (Å²) in [5, 5.41) is 17.6. The van der Waals surface area contributed by atoms with E-state index in [2.05, 4.69) is 20.8 Å². The average Bonchev–Trinajstić information content (AvgIpc) is 3.19. The van der Waals surface area contributed by atoms with E-state index in [1.165, 1.54) is 17.8 Å². The first-order chi connectivity index (χ1) is 16.4. The number of hydrogen-bond acceptors (Lipinski definition) is 5. The maximum absolute atomic E-state index is 12.5. The van der Waals surface area contributed by atoms with Crippen LogP contribution >= 0.6 is 35.0 Å². The van der Waals surface area contributed by atoms with Crippen LogP contribution in [0.4, 0.5) is 5.69 Å². The molecule has 0 bridgehead atoms. The third kappa shape index (κ3) is 5.70. The van der Waals surface area contributed by atoms with Gasteiger partial charge in [-0.15, -0.1) is 10.2 Å². The van der Waals surface area contributed by atoms with Crippen molar-refractivity contribution < 1.29 is 9.59 Å². The van der Waals surface area contributed by atoms with Crippen LogP contribution in [0.15, 0.2) is 65.8 Å². The number of anilines is 1. The first kappa shape index (κ1) is 24.1. The van der Waals surface area contributed by atoms with Gasteiger partial charge < -0.3 is 15.2 Å². The fourth-order valence-electron chi connectivity index (χ4n) is 3.37. The number of aromatic nitrogens is 3. The van der Waals surface area contributed by atoms with Crippen LogP contribution in [0.25, 0.3) is 10.8 Å². The third-order valence-electron chi connectivity index (χ3n) is 5.14. The van der Waals surface area contributed by atoms with Crippen LogP contribution in [-0.4, -0.2) is 38.9 Å². The highest BCUT2D eigenvalue weighted by atomic mass is 35.5. The van der Waals surface area contributed by atoms with Gasteiger partial charge in [0.25, 0.3) is 5.91 Å². The zero-order valence-electron chi connectivity index (χ0n) is 18.2. The molecule has 0 saturated heterocycles. The summed E-state index contributed by atoms with van der Waals surface area (Å²) in [7, 11) is 1.83. The van der Waals surface area contributed by atoms with E-state index in [0.29, 0.717) is 39.6 Å². The molecule has 1 aromatic heterocycles. The molecule has 4 aromatic rings. The first-order valence-electron chi connectivity index (χ1n) is 10.4. The minimum absolute atomic E-state index is 0.125. The lowest BCUT2D eigenvalue weighted by molar-refractivity contribution is -0.113. The Morgan fingerprint density at radius 3 is 2.62 bits per heavy atom. The molecule has 7 nitrogen and oxygen atoms in total. The molecular formula is C24H21Cl2N5O2S. The summed E-state index contributed by atoms with van der Waals surface area (Å²) in [6.45, 7) is 0.372. The normalized spacial score (nSPS) is 10.9. The standard InChI is InChI=1S/C24H21Cl2N5O2S/c1-31-21(11-12-27-23(33)16-9-10-18(25)19(26)13-16)29-30-24(31)34-14-22(32)28-20-8-4-6-15-5-2-3-7-17(15)20/h2-10,13H,11-12,14H2,1H3,(H,27,33)(H,28,32). The number of rotatable bonds is 8. The highest BCUT2D eigenvalue weighted by Gasteiger charge is 2.13. The number of halogens is 2. The summed E-state index contributed by atoms with van der Waals surface area (Å²) >= 11 is 13.2. The molecule has 174 valence electrons. The molecule has 0 fully saturated rings. The average molecular weight is 514 g/mol. The molecule has 10 heteroatoms. The predicted octanol–water partition coefficient (Wildman–Crippen LogP) is 4.98. The van der Waals surface area contributed by atoms with Gasteiger partial charge in [0.2, 0.25) is 5.91 Å². The van der Waals surface area contributed by atoms with Gasteiger partial charge in [-0.1, -0.05) is 71.4 Å². The highest BCUT2D eigenvalue weighted by Crippen LogP contribution is 2.24. The van der Waals surface area contributed by atoms with Crippen LogP contribution in [-0.2, 0) is 18.3 Å². The lowest BCUT2D eigenvalue weighted by Crippen LogP contribution is -2.26. The van der Waals surface area contributed by atoms with Gasteiger partial charge in [-0.25, -0.2) is 0 Å². The SMILES string of the molecule is Cn1c(CCNC(=O)c2ccc(Cl)c(Cl)c2)nnc1SCC(=O)Nc1cccc2ccccc12. The fraction of sp³-hybridized carbons (Fsp3) is 0.167. The number of nitrogens with zero attached hydrogens (tertiary/aromatic N) is 3. The maximum Gasteiger partial charge on any atom is 0.251 e. The molecule has 0 aliphatic carbocycles. The lowest BCUT2D eigenvalue weighted by atomic mass is 10.1. The van der Waals surface area contributed by atoms with Gasteiger partial charge in [0.15, 0.2) is 5.16 Å². The molecule has 2 amide bonds. The molecule has 0 saturated carbocycles. The van der Waals surface area contributed by atoms with Crippen molar-refractivity contribution in [2.24, 2.45) is 7.05 Å². The number of carbonyl (C=O) groups is 2. The summed E-state index contributed by atoms with van der Waals surface area (Å²) in [4.78, 5) is 24.8. The highest BCUT2D eigenvalue weighted by molar-refractivity contribution is 7.99. The number of carbonyl (C=O) groups excluding carboxylic acids is 2. The van der Waals surface area contributed by atoms with E-state index in [0.717, 1.165) is 16.5 Å². The van der Waals surface area contributed by atoms with E-state index < -0.39 is 0 Å². The van der Waals surface area contributed by atoms with Gasteiger partial charge in [-0.3, -0.25) is 9.59 Å². The van der Waals surface area contributed by atoms with E-state index in [-0.39, 0.29) is 17.6 Å². The summed E-state index contributed by atoms with van der Waals surface area (Å²) in [6.07, 6.45) is 0.485. The molecule has 2 N–H and O–H groups in total. The quantitative estimate of drug-likeness (QED) is 0.324. The van der Waals surface area contributed by atoms with Gasteiger partial charge in [-0.05, 0) is 29.7 Å². The number of nitrogens with one attached hydrogen (secondary N) is 2. The molecule has 0 spiro atoms. The molecular weight excluding hydrogens is 493 g/mol. The molecule has 0 aliphatic heterocycles. The van der Waals surface area contributed by atoms with Crippen LogP contribution in [0.1, 0.15) is 16.2 Å². The zero-order valence-corrected chi connectivity index (χ0v) is 20.5. The van der Waals surface area contributed by atoms with E-state index in [1.807, 2.05) is 54.1 Å². The summed E-state index contributed by atoms with van der Waals surface area (Å²) in [5.41, 5.74) is 1.21. The molecule has 1 heterocycles. The van der Waals surface area contributed by atoms with Crippen molar-refractivity contribution in [3.8, 4) is 0 Å². The lowest BCUT2D eigenvalue weighted by Gasteiger charge is -2.09. The molecule has 0 atom stereocenters. The minimum Gasteiger partial charge on any atom is -0.352 e. The van der Waals surface area contributed by atoms with Crippen molar-refractivity contribution in [2.75, 3.05) is 17.6 Å². The summed E-state index contributed by atoms with van der Waals surface area (Å²) < 4.78 is 1.82. The molecule has 4 rings (SSSR count). The van der Waals surface area contributed by atoms with Crippen LogP contribution < -0.4 is 10.6 Å². The van der Waals surface area contributed by atoms with Gasteiger partial charge in [0, 0.05) is 36.7 Å². The minimum atomic E-state index is -0.250. The number of thioether (sulfide) groups is 1. The Morgan fingerprint density at radius 1 is 1.00 bits per heavy atom. The smallest absolute Gasteiger partial charge is 0.251 e. The maximum atomic E-state index is 12.5. The van der Waals surface area contributed by atoms with Gasteiger partial charge >= 0.3 is 0 Å². The second kappa shape index (κ2) is 10.9. The molecule has 3 aromatic carbocycles. The third-order valence-corrected chi connectivity index (χ3v) is 6.90. The van der Waals surface area contributed by atoms with E-state index >= 15 is 0 Å². The number of fused-ring (bicyclic) bond motifs is 1. The van der Waals surface area contributed by atoms with E-state index in [1.54, 1.807) is 12.1 Å². The number of benzene rings is 3. The van der Waals surface area contributed by atoms with Crippen molar-refractivity contribution in [1.29, 1.82) is 0 Å². The summed E-state index contributed by atoms with van der Waals surface area (Å²) in [5.74, 6) is 0.523. The Kier molecular flexibility index (Phi) is 7.72. The fourth-order valence-corrected chi connectivity index (χ4v) is 4.39. The van der Waals surface area contributed by atoms with Gasteiger partial charge in [-0.2, -0.15) is 0 Å². The molecule has 0 unspecified atom stereocenters. The molecule has 0 radical (unpaired) electrons. The topological polar surface area (TPSA) is 88.9 Å². The van der Waals surface area contributed by atoms with Crippen LogP contribution in [0.3, 0.4) is 0 Å². The van der Waals surface area contributed by atoms with E-state index in [9.17, 15) is 9.59 Å². The van der Waals surface area contributed by atoms with Crippen molar-refractivity contribution >= 4 is 63.2 Å². The van der Waals surface area contributed by atoms with Crippen LogP contribution in [0, 0.1) is 0 Å². The summed E-state index contributed by atoms with van der Waals surface area (Å²) in [6, 6.07) is 18.4. The van der Waals surface area contributed by atoms with Gasteiger partial charge in [0.05, 0.1) is 15.8 Å². The van der Waals surface area contributed by atoms with Crippen LogP contribution in [0.2, 0.25) is 10.0 Å². The Labute approximate surface area is 210 Å². The van der Waals surface area contributed by atoms with Crippen LogP contribution in [0.5, 0.6) is 0 Å². The monoisotopic (exact) mass is 513 g/mol. The van der Waals surface area contributed by atoms with Crippen molar-refractivity contribution in [2.45, 2.75) is 11.6 Å². The zero-order chi connectivity index (χ0) is 24.1. The van der Waals surface area contributed by atoms with Gasteiger partial charge in [0.1, 0.15) is 5.82 Å². The molecule has 34 heavy (non-hydrogen) atoms. The Hall–Kier alpha value is -3.07. The number of amides is 2. The van der Waals surface area contributed by atoms with E-state index in [4.69, 9.17) is 23.2 Å². The predicted molar refractivity (Wildman–Crippen MR) is 137 cm³/mol. The largest absolute Gasteiger partial charge is 0.352 e.